The summed E-state index contributed by atoms with van der Waals surface area (Å²) in [5.41, 5.74) is 2.52. The Labute approximate surface area is 134 Å². The number of hydrogen-bond acceptors (Lipinski definition) is 3. The highest BCUT2D eigenvalue weighted by atomic mass is 16.5. The van der Waals surface area contributed by atoms with Crippen molar-refractivity contribution < 1.29 is 4.74 Å². The topological polar surface area (TPSA) is 15.7 Å². The summed E-state index contributed by atoms with van der Waals surface area (Å²) < 4.78 is 6.08. The second-order valence-corrected chi connectivity index (χ2v) is 5.82. The minimum Gasteiger partial charge on any atom is -0.358 e. The first-order valence-electron chi connectivity index (χ1n) is 7.72. The molecule has 0 saturated carbocycles. The van der Waals surface area contributed by atoms with Gasteiger partial charge in [0.05, 0.1) is 6.61 Å². The first kappa shape index (κ1) is 16.7. The highest BCUT2D eigenvalue weighted by Gasteiger charge is 2.14. The van der Waals surface area contributed by atoms with Crippen LogP contribution in [0.4, 0.5) is 0 Å². The average molecular weight is 298 g/mol. The summed E-state index contributed by atoms with van der Waals surface area (Å²) in [6.45, 7) is 2.56. The monoisotopic (exact) mass is 298 g/mol. The Morgan fingerprint density at radius 1 is 0.864 bits per heavy atom. The lowest BCUT2D eigenvalue weighted by atomic mass is 10.2. The summed E-state index contributed by atoms with van der Waals surface area (Å²) in [5, 5.41) is 0. The maximum Gasteiger partial charge on any atom is 0.136 e. The van der Waals surface area contributed by atoms with Crippen LogP contribution in [0.15, 0.2) is 60.7 Å². The van der Waals surface area contributed by atoms with Gasteiger partial charge < -0.3 is 4.74 Å². The van der Waals surface area contributed by atoms with E-state index in [0.717, 1.165) is 13.1 Å². The van der Waals surface area contributed by atoms with Crippen molar-refractivity contribution in [3.63, 3.8) is 0 Å². The van der Waals surface area contributed by atoms with Crippen LogP contribution in [-0.4, -0.2) is 44.1 Å². The average Bonchev–Trinajstić information content (AvgIpc) is 2.53. The SMILES string of the molecule is CN(CCOC(c1ccccc1)N(C)C)Cc1ccccc1. The van der Waals surface area contributed by atoms with Crippen molar-refractivity contribution >= 4 is 0 Å². The molecule has 118 valence electrons. The number of benzene rings is 2. The molecule has 0 aliphatic carbocycles. The number of ether oxygens (including phenoxy) is 1. The molecular weight excluding hydrogens is 272 g/mol. The van der Waals surface area contributed by atoms with Gasteiger partial charge in [-0.15, -0.1) is 0 Å². The quantitative estimate of drug-likeness (QED) is 0.695. The summed E-state index contributed by atoms with van der Waals surface area (Å²) in [6.07, 6.45) is 0.00586. The van der Waals surface area contributed by atoms with Gasteiger partial charge in [0.1, 0.15) is 6.23 Å². The molecule has 0 aliphatic rings. The van der Waals surface area contributed by atoms with Crippen LogP contribution in [0, 0.1) is 0 Å². The molecule has 0 bridgehead atoms. The van der Waals surface area contributed by atoms with Gasteiger partial charge in [0, 0.05) is 13.1 Å². The van der Waals surface area contributed by atoms with Crippen molar-refractivity contribution in [2.24, 2.45) is 0 Å². The van der Waals surface area contributed by atoms with Crippen molar-refractivity contribution in [3.8, 4) is 0 Å². The van der Waals surface area contributed by atoms with Crippen LogP contribution in [0.3, 0.4) is 0 Å². The molecule has 0 aliphatic heterocycles. The van der Waals surface area contributed by atoms with Crippen LogP contribution in [-0.2, 0) is 11.3 Å². The number of hydrogen-bond donors (Lipinski definition) is 0. The summed E-state index contributed by atoms with van der Waals surface area (Å²) >= 11 is 0. The van der Waals surface area contributed by atoms with E-state index in [-0.39, 0.29) is 6.23 Å². The molecule has 1 atom stereocenters. The molecular formula is C19H26N2O. The molecule has 0 spiro atoms. The molecule has 0 amide bonds. The van der Waals surface area contributed by atoms with Gasteiger partial charge in [-0.25, -0.2) is 0 Å². The molecule has 0 aromatic heterocycles. The first-order chi connectivity index (χ1) is 10.7. The van der Waals surface area contributed by atoms with Crippen LogP contribution in [0.1, 0.15) is 17.4 Å². The van der Waals surface area contributed by atoms with E-state index >= 15 is 0 Å². The van der Waals surface area contributed by atoms with E-state index in [1.165, 1.54) is 11.1 Å². The highest BCUT2D eigenvalue weighted by Crippen LogP contribution is 2.19. The highest BCUT2D eigenvalue weighted by molar-refractivity contribution is 5.17. The minimum atomic E-state index is 0.00586. The third kappa shape index (κ3) is 5.26. The molecule has 1 unspecified atom stereocenters. The zero-order chi connectivity index (χ0) is 15.8. The molecule has 2 aromatic rings. The van der Waals surface area contributed by atoms with E-state index in [9.17, 15) is 0 Å². The first-order valence-corrected chi connectivity index (χ1v) is 7.72. The van der Waals surface area contributed by atoms with Gasteiger partial charge in [0.2, 0.25) is 0 Å². The van der Waals surface area contributed by atoms with Gasteiger partial charge in [-0.3, -0.25) is 9.80 Å². The Morgan fingerprint density at radius 3 is 2.05 bits per heavy atom. The molecule has 3 nitrogen and oxygen atoms in total. The fourth-order valence-electron chi connectivity index (χ4n) is 2.46. The fourth-order valence-corrected chi connectivity index (χ4v) is 2.46. The maximum absolute atomic E-state index is 6.08. The smallest absolute Gasteiger partial charge is 0.136 e. The van der Waals surface area contributed by atoms with Crippen molar-refractivity contribution in [3.05, 3.63) is 71.8 Å². The van der Waals surface area contributed by atoms with Gasteiger partial charge in [-0.1, -0.05) is 60.7 Å². The summed E-state index contributed by atoms with van der Waals surface area (Å²) in [6, 6.07) is 20.9. The van der Waals surface area contributed by atoms with Gasteiger partial charge in [0.25, 0.3) is 0 Å². The largest absolute Gasteiger partial charge is 0.358 e. The van der Waals surface area contributed by atoms with Gasteiger partial charge in [-0.05, 0) is 32.3 Å². The standard InChI is InChI=1S/C19H26N2O/c1-20(2)19(18-12-8-5-9-13-18)22-15-14-21(3)16-17-10-6-4-7-11-17/h4-13,19H,14-16H2,1-3H3. The Kier molecular flexibility index (Phi) is 6.59. The molecule has 0 saturated heterocycles. The van der Waals surface area contributed by atoms with Crippen LogP contribution in [0.2, 0.25) is 0 Å². The molecule has 0 heterocycles. The normalized spacial score (nSPS) is 12.8. The van der Waals surface area contributed by atoms with Crippen molar-refractivity contribution in [2.75, 3.05) is 34.3 Å². The van der Waals surface area contributed by atoms with Gasteiger partial charge >= 0.3 is 0 Å². The minimum absolute atomic E-state index is 0.00586. The maximum atomic E-state index is 6.08. The van der Waals surface area contributed by atoms with Crippen LogP contribution < -0.4 is 0 Å². The Hall–Kier alpha value is -1.68. The van der Waals surface area contributed by atoms with Crippen LogP contribution in [0.5, 0.6) is 0 Å². The second-order valence-electron chi connectivity index (χ2n) is 5.82. The predicted molar refractivity (Wildman–Crippen MR) is 91.6 cm³/mol. The van der Waals surface area contributed by atoms with E-state index in [1.54, 1.807) is 0 Å². The van der Waals surface area contributed by atoms with Crippen molar-refractivity contribution in [1.82, 2.24) is 9.80 Å². The fraction of sp³-hybridized carbons (Fsp3) is 0.368. The third-order valence-corrected chi connectivity index (χ3v) is 3.60. The molecule has 3 heteroatoms. The zero-order valence-electron chi connectivity index (χ0n) is 13.8. The lowest BCUT2D eigenvalue weighted by Gasteiger charge is -2.26. The molecule has 0 radical (unpaired) electrons. The van der Waals surface area contributed by atoms with E-state index in [0.29, 0.717) is 6.61 Å². The molecule has 0 N–H and O–H groups in total. The second kappa shape index (κ2) is 8.69. The lowest BCUT2D eigenvalue weighted by molar-refractivity contribution is -0.0442. The lowest BCUT2D eigenvalue weighted by Crippen LogP contribution is -2.28. The molecule has 2 aromatic carbocycles. The van der Waals surface area contributed by atoms with E-state index < -0.39 is 0 Å². The Balaban J connectivity index is 1.81. The van der Waals surface area contributed by atoms with E-state index in [2.05, 4.69) is 65.4 Å². The van der Waals surface area contributed by atoms with E-state index in [1.807, 2.05) is 26.2 Å². The summed E-state index contributed by atoms with van der Waals surface area (Å²) in [5.74, 6) is 0. The summed E-state index contributed by atoms with van der Waals surface area (Å²) in [7, 11) is 6.22. The molecule has 22 heavy (non-hydrogen) atoms. The van der Waals surface area contributed by atoms with Gasteiger partial charge in [-0.2, -0.15) is 0 Å². The number of rotatable bonds is 8. The molecule has 2 rings (SSSR count). The van der Waals surface area contributed by atoms with Gasteiger partial charge in [0.15, 0.2) is 0 Å². The predicted octanol–water partition coefficient (Wildman–Crippen LogP) is 3.40. The number of likely N-dealkylation sites (N-methyl/N-ethyl adjacent to an activating group) is 1. The Morgan fingerprint density at radius 2 is 1.45 bits per heavy atom. The van der Waals surface area contributed by atoms with Crippen molar-refractivity contribution in [2.45, 2.75) is 12.8 Å². The number of nitrogens with zero attached hydrogens (tertiary/aromatic N) is 2. The molecule has 0 fully saturated rings. The van der Waals surface area contributed by atoms with E-state index in [4.69, 9.17) is 4.74 Å². The van der Waals surface area contributed by atoms with Crippen LogP contribution in [0.25, 0.3) is 0 Å². The van der Waals surface area contributed by atoms with Crippen molar-refractivity contribution in [1.29, 1.82) is 0 Å². The Bertz CT molecular complexity index is 528. The summed E-state index contributed by atoms with van der Waals surface area (Å²) in [4.78, 5) is 4.39. The zero-order valence-corrected chi connectivity index (χ0v) is 13.8. The third-order valence-electron chi connectivity index (χ3n) is 3.60. The van der Waals surface area contributed by atoms with Crippen LogP contribution >= 0.6 is 0 Å².